The van der Waals surface area contributed by atoms with Crippen molar-refractivity contribution in [3.8, 4) is 0 Å². The van der Waals surface area contributed by atoms with Crippen molar-refractivity contribution in [3.63, 3.8) is 0 Å². The molecule has 0 bridgehead atoms. The van der Waals surface area contributed by atoms with Gasteiger partial charge in [0.25, 0.3) is 0 Å². The summed E-state index contributed by atoms with van der Waals surface area (Å²) in [7, 11) is 0. The third-order valence-electron chi connectivity index (χ3n) is 5.66. The molecule has 0 spiro atoms. The zero-order chi connectivity index (χ0) is 19.2. The van der Waals surface area contributed by atoms with Crippen LogP contribution in [-0.2, 0) is 4.79 Å². The average Bonchev–Trinajstić information content (AvgIpc) is 3.29. The monoisotopic (exact) mass is 378 g/mol. The molecule has 0 saturated carbocycles. The number of amides is 1. The molecule has 0 unspecified atom stereocenters. The van der Waals surface area contributed by atoms with Gasteiger partial charge in [-0.3, -0.25) is 4.79 Å². The van der Waals surface area contributed by atoms with Crippen LogP contribution in [0.2, 0.25) is 0 Å². The van der Waals surface area contributed by atoms with Gasteiger partial charge in [0.2, 0.25) is 5.91 Å². The van der Waals surface area contributed by atoms with E-state index in [-0.39, 0.29) is 12.5 Å². The normalized spacial score (nSPS) is 16.9. The first-order valence-corrected chi connectivity index (χ1v) is 10.5. The molecular formula is C23H30N4O. The smallest absolute Gasteiger partial charge is 0.243 e. The number of hydrogen-bond acceptors (Lipinski definition) is 4. The summed E-state index contributed by atoms with van der Waals surface area (Å²) in [6.07, 6.45) is 6.32. The van der Waals surface area contributed by atoms with Gasteiger partial charge in [0, 0.05) is 37.6 Å². The molecule has 2 aliphatic rings. The summed E-state index contributed by atoms with van der Waals surface area (Å²) < 4.78 is 0. The van der Waals surface area contributed by atoms with Gasteiger partial charge < -0.3 is 20.4 Å². The van der Waals surface area contributed by atoms with Gasteiger partial charge in [-0.2, -0.15) is 0 Å². The third kappa shape index (κ3) is 4.58. The van der Waals surface area contributed by atoms with E-state index in [1.807, 2.05) is 18.2 Å². The van der Waals surface area contributed by atoms with E-state index in [1.54, 1.807) is 0 Å². The van der Waals surface area contributed by atoms with Gasteiger partial charge in [0.05, 0.1) is 17.9 Å². The first kappa shape index (κ1) is 18.7. The average molecular weight is 379 g/mol. The zero-order valence-electron chi connectivity index (χ0n) is 16.5. The second kappa shape index (κ2) is 9.00. The fourth-order valence-corrected chi connectivity index (χ4v) is 4.15. The van der Waals surface area contributed by atoms with E-state index in [4.69, 9.17) is 0 Å². The number of nitrogens with one attached hydrogen (secondary N) is 2. The summed E-state index contributed by atoms with van der Waals surface area (Å²) in [5.41, 5.74) is 4.32. The highest BCUT2D eigenvalue weighted by Crippen LogP contribution is 2.28. The summed E-state index contributed by atoms with van der Waals surface area (Å²) in [6.45, 7) is 4.71. The Morgan fingerprint density at radius 2 is 1.43 bits per heavy atom. The lowest BCUT2D eigenvalue weighted by molar-refractivity contribution is -0.114. The Labute approximate surface area is 167 Å². The Hall–Kier alpha value is -2.69. The fourth-order valence-electron chi connectivity index (χ4n) is 4.15. The van der Waals surface area contributed by atoms with Gasteiger partial charge in [-0.15, -0.1) is 0 Å². The molecule has 0 aliphatic carbocycles. The van der Waals surface area contributed by atoms with Crippen LogP contribution < -0.4 is 20.4 Å². The molecule has 4 rings (SSSR count). The molecule has 2 heterocycles. The van der Waals surface area contributed by atoms with Crippen molar-refractivity contribution >= 4 is 28.7 Å². The van der Waals surface area contributed by atoms with E-state index in [0.717, 1.165) is 37.6 Å². The third-order valence-corrected chi connectivity index (χ3v) is 5.66. The van der Waals surface area contributed by atoms with Crippen molar-refractivity contribution in [2.75, 3.05) is 53.2 Å². The van der Waals surface area contributed by atoms with Crippen LogP contribution in [0.4, 0.5) is 22.7 Å². The number of carbonyl (C=O) groups excluding carboxylic acids is 1. The van der Waals surface area contributed by atoms with E-state index < -0.39 is 0 Å². The SMILES string of the molecule is O=C(CNc1ccccc1N1CCCCC1)Nc1ccc(N2CCCC2)cc1. The van der Waals surface area contributed by atoms with Gasteiger partial charge in [0.15, 0.2) is 0 Å². The highest BCUT2D eigenvalue weighted by atomic mass is 16.1. The van der Waals surface area contributed by atoms with Gasteiger partial charge in [0.1, 0.15) is 0 Å². The fraction of sp³-hybridized carbons (Fsp3) is 0.435. The number of rotatable bonds is 6. The molecule has 0 radical (unpaired) electrons. The Balaban J connectivity index is 1.32. The topological polar surface area (TPSA) is 47.6 Å². The second-order valence-electron chi connectivity index (χ2n) is 7.71. The molecule has 148 valence electrons. The van der Waals surface area contributed by atoms with Crippen molar-refractivity contribution in [2.24, 2.45) is 0 Å². The predicted molar refractivity (Wildman–Crippen MR) is 118 cm³/mol. The van der Waals surface area contributed by atoms with Crippen LogP contribution in [0.5, 0.6) is 0 Å². The maximum absolute atomic E-state index is 12.4. The summed E-state index contributed by atoms with van der Waals surface area (Å²) in [5.74, 6) is -0.0256. The Bertz CT molecular complexity index is 777. The van der Waals surface area contributed by atoms with E-state index in [9.17, 15) is 4.79 Å². The molecular weight excluding hydrogens is 348 g/mol. The van der Waals surface area contributed by atoms with Gasteiger partial charge in [-0.25, -0.2) is 0 Å². The number of carbonyl (C=O) groups is 1. The number of nitrogens with zero attached hydrogens (tertiary/aromatic N) is 2. The highest BCUT2D eigenvalue weighted by Gasteiger charge is 2.15. The van der Waals surface area contributed by atoms with Crippen molar-refractivity contribution < 1.29 is 4.79 Å². The molecule has 2 N–H and O–H groups in total. The molecule has 1 amide bonds. The minimum atomic E-state index is -0.0256. The van der Waals surface area contributed by atoms with E-state index >= 15 is 0 Å². The first-order valence-electron chi connectivity index (χ1n) is 10.5. The summed E-state index contributed by atoms with van der Waals surface area (Å²) in [6, 6.07) is 16.5. The number of benzene rings is 2. The maximum Gasteiger partial charge on any atom is 0.243 e. The number of para-hydroxylation sites is 2. The molecule has 0 atom stereocenters. The van der Waals surface area contributed by atoms with Crippen LogP contribution in [0.25, 0.3) is 0 Å². The molecule has 2 aromatic carbocycles. The summed E-state index contributed by atoms with van der Waals surface area (Å²) in [4.78, 5) is 17.2. The van der Waals surface area contributed by atoms with E-state index in [1.165, 1.54) is 43.5 Å². The quantitative estimate of drug-likeness (QED) is 0.786. The Kier molecular flexibility index (Phi) is 6.00. The zero-order valence-corrected chi connectivity index (χ0v) is 16.5. The number of anilines is 4. The predicted octanol–water partition coefficient (Wildman–Crippen LogP) is 4.33. The maximum atomic E-state index is 12.4. The van der Waals surface area contributed by atoms with Crippen LogP contribution in [-0.4, -0.2) is 38.6 Å². The number of piperidine rings is 1. The molecule has 28 heavy (non-hydrogen) atoms. The molecule has 2 fully saturated rings. The Morgan fingerprint density at radius 1 is 0.786 bits per heavy atom. The van der Waals surface area contributed by atoms with Crippen LogP contribution >= 0.6 is 0 Å². The molecule has 2 aromatic rings. The first-order chi connectivity index (χ1) is 13.8. The molecule has 5 nitrogen and oxygen atoms in total. The van der Waals surface area contributed by atoms with Crippen LogP contribution in [0.3, 0.4) is 0 Å². The van der Waals surface area contributed by atoms with Gasteiger partial charge >= 0.3 is 0 Å². The standard InChI is InChI=1S/C23H30N4O/c28-23(25-19-10-12-20(13-11-19)26-14-6-7-15-26)18-24-21-8-2-3-9-22(21)27-16-4-1-5-17-27/h2-3,8-13,24H,1,4-7,14-18H2,(H,25,28). The summed E-state index contributed by atoms with van der Waals surface area (Å²) >= 11 is 0. The lowest BCUT2D eigenvalue weighted by atomic mass is 10.1. The lowest BCUT2D eigenvalue weighted by Crippen LogP contribution is -2.30. The van der Waals surface area contributed by atoms with Gasteiger partial charge in [-0.05, 0) is 68.5 Å². The van der Waals surface area contributed by atoms with Crippen LogP contribution in [0, 0.1) is 0 Å². The minimum absolute atomic E-state index is 0.0256. The minimum Gasteiger partial charge on any atom is -0.374 e. The molecule has 0 aromatic heterocycles. The van der Waals surface area contributed by atoms with Crippen molar-refractivity contribution in [1.82, 2.24) is 0 Å². The molecule has 2 aliphatic heterocycles. The van der Waals surface area contributed by atoms with E-state index in [0.29, 0.717) is 0 Å². The lowest BCUT2D eigenvalue weighted by Gasteiger charge is -2.30. The summed E-state index contributed by atoms with van der Waals surface area (Å²) in [5, 5.41) is 6.32. The van der Waals surface area contributed by atoms with Crippen molar-refractivity contribution in [2.45, 2.75) is 32.1 Å². The molecule has 5 heteroatoms. The highest BCUT2D eigenvalue weighted by molar-refractivity contribution is 5.94. The van der Waals surface area contributed by atoms with Crippen molar-refractivity contribution in [1.29, 1.82) is 0 Å². The largest absolute Gasteiger partial charge is 0.374 e. The molecule has 2 saturated heterocycles. The Morgan fingerprint density at radius 3 is 2.18 bits per heavy atom. The van der Waals surface area contributed by atoms with Gasteiger partial charge in [-0.1, -0.05) is 12.1 Å². The van der Waals surface area contributed by atoms with E-state index in [2.05, 4.69) is 50.8 Å². The second-order valence-corrected chi connectivity index (χ2v) is 7.71. The van der Waals surface area contributed by atoms with Crippen LogP contribution in [0.1, 0.15) is 32.1 Å². The van der Waals surface area contributed by atoms with Crippen molar-refractivity contribution in [3.05, 3.63) is 48.5 Å². The van der Waals surface area contributed by atoms with Crippen LogP contribution in [0.15, 0.2) is 48.5 Å². The number of hydrogen-bond donors (Lipinski definition) is 2.